The zero-order valence-corrected chi connectivity index (χ0v) is 22.5. The first-order valence-electron chi connectivity index (χ1n) is 14.3. The number of rotatable bonds is 9. The van der Waals surface area contributed by atoms with E-state index in [1.807, 2.05) is 24.3 Å². The van der Waals surface area contributed by atoms with Gasteiger partial charge in [-0.1, -0.05) is 87.4 Å². The van der Waals surface area contributed by atoms with Crippen LogP contribution in [0.3, 0.4) is 0 Å². The van der Waals surface area contributed by atoms with Gasteiger partial charge in [0, 0.05) is 24.4 Å². The molecule has 0 radical (unpaired) electrons. The number of benzene rings is 3. The molecule has 3 aromatic rings. The van der Waals surface area contributed by atoms with Crippen LogP contribution in [0.1, 0.15) is 85.0 Å². The van der Waals surface area contributed by atoms with Crippen LogP contribution in [0.25, 0.3) is 11.1 Å². The number of amides is 1. The van der Waals surface area contributed by atoms with E-state index in [4.69, 9.17) is 0 Å². The molecule has 3 aliphatic rings. The van der Waals surface area contributed by atoms with Gasteiger partial charge in [-0.15, -0.1) is 0 Å². The van der Waals surface area contributed by atoms with Crippen molar-refractivity contribution >= 4 is 17.4 Å². The van der Waals surface area contributed by atoms with Crippen LogP contribution in [-0.2, 0) is 10.2 Å². The monoisotopic (exact) mass is 504 g/mol. The maximum absolute atomic E-state index is 14.6. The number of fused-ring (bicyclic) bond motifs is 4. The Bertz CT molecular complexity index is 1390. The number of Topliss-reactive ketones (excluding diaryl/α,β-unsaturated/α-hetero) is 1. The number of nitrogens with zero attached hydrogens (tertiary/aromatic N) is 2. The Balaban J connectivity index is 1.57. The lowest BCUT2D eigenvalue weighted by Gasteiger charge is -2.34. The Morgan fingerprint density at radius 3 is 2.18 bits per heavy atom. The Morgan fingerprint density at radius 2 is 1.50 bits per heavy atom. The lowest BCUT2D eigenvalue weighted by Crippen LogP contribution is -2.39. The minimum absolute atomic E-state index is 0.167. The molecule has 0 spiro atoms. The standard InChI is InChI=1S/C34H36N2O2/c1-3-5-18-30(37)34(27-15-9-7-12-24(27)25-13-8-10-16-28(25)34)29-17-11-14-26-31(29)32(35-33(26)38)23-19-21-36(22-23)20-6-4-2/h7-17,23H,3-6,18-22H2,1-2H3. The van der Waals surface area contributed by atoms with Gasteiger partial charge in [-0.05, 0) is 66.2 Å². The normalized spacial score (nSPS) is 19.3. The van der Waals surface area contributed by atoms with E-state index in [0.717, 1.165) is 78.0 Å². The van der Waals surface area contributed by atoms with Crippen LogP contribution in [-0.4, -0.2) is 41.9 Å². The van der Waals surface area contributed by atoms with Crippen molar-refractivity contribution < 1.29 is 9.59 Å². The number of aliphatic imine (C=N–C) groups is 1. The lowest BCUT2D eigenvalue weighted by molar-refractivity contribution is -0.122. The van der Waals surface area contributed by atoms with Crippen molar-refractivity contribution in [3.8, 4) is 11.1 Å². The fraction of sp³-hybridized carbons (Fsp3) is 0.382. The van der Waals surface area contributed by atoms with E-state index in [-0.39, 0.29) is 17.6 Å². The summed E-state index contributed by atoms with van der Waals surface area (Å²) in [6, 6.07) is 22.6. The van der Waals surface area contributed by atoms with Crippen molar-refractivity contribution in [2.75, 3.05) is 19.6 Å². The Hall–Kier alpha value is -3.37. The van der Waals surface area contributed by atoms with Gasteiger partial charge in [0.1, 0.15) is 5.41 Å². The van der Waals surface area contributed by atoms with Crippen LogP contribution in [0.15, 0.2) is 71.7 Å². The first-order chi connectivity index (χ1) is 18.6. The second-order valence-corrected chi connectivity index (χ2v) is 11.0. The van der Waals surface area contributed by atoms with Gasteiger partial charge in [0.15, 0.2) is 5.78 Å². The van der Waals surface area contributed by atoms with E-state index in [1.165, 1.54) is 12.8 Å². The van der Waals surface area contributed by atoms with E-state index in [9.17, 15) is 9.59 Å². The molecule has 1 unspecified atom stereocenters. The average Bonchev–Trinajstić information content (AvgIpc) is 3.64. The van der Waals surface area contributed by atoms with E-state index < -0.39 is 5.41 Å². The summed E-state index contributed by atoms with van der Waals surface area (Å²) in [5.41, 5.74) is 6.73. The van der Waals surface area contributed by atoms with Gasteiger partial charge in [0.25, 0.3) is 5.91 Å². The number of carbonyl (C=O) groups is 2. The van der Waals surface area contributed by atoms with Crippen molar-refractivity contribution in [2.45, 2.75) is 57.8 Å². The van der Waals surface area contributed by atoms with Gasteiger partial charge in [0.2, 0.25) is 0 Å². The van der Waals surface area contributed by atoms with Crippen molar-refractivity contribution in [2.24, 2.45) is 10.9 Å². The minimum Gasteiger partial charge on any atom is -0.303 e. The van der Waals surface area contributed by atoms with Gasteiger partial charge in [-0.2, -0.15) is 0 Å². The van der Waals surface area contributed by atoms with Crippen LogP contribution in [0.5, 0.6) is 0 Å². The fourth-order valence-electron chi connectivity index (χ4n) is 6.98. The van der Waals surface area contributed by atoms with Crippen molar-refractivity contribution in [1.29, 1.82) is 0 Å². The third kappa shape index (κ3) is 3.72. The fourth-order valence-corrected chi connectivity index (χ4v) is 6.98. The molecule has 6 rings (SSSR count). The Kier molecular flexibility index (Phi) is 6.61. The van der Waals surface area contributed by atoms with Gasteiger partial charge in [-0.3, -0.25) is 9.59 Å². The quantitative estimate of drug-likeness (QED) is 0.321. The first kappa shape index (κ1) is 24.9. The summed E-state index contributed by atoms with van der Waals surface area (Å²) in [5.74, 6) is 0.243. The molecule has 38 heavy (non-hydrogen) atoms. The summed E-state index contributed by atoms with van der Waals surface area (Å²) in [4.78, 5) is 35.1. The summed E-state index contributed by atoms with van der Waals surface area (Å²) in [6.45, 7) is 7.39. The van der Waals surface area contributed by atoms with Crippen molar-refractivity contribution in [3.05, 3.63) is 94.5 Å². The Morgan fingerprint density at radius 1 is 0.868 bits per heavy atom. The molecule has 4 nitrogen and oxygen atoms in total. The summed E-state index contributed by atoms with van der Waals surface area (Å²) in [7, 11) is 0. The number of hydrogen-bond acceptors (Lipinski definition) is 3. The summed E-state index contributed by atoms with van der Waals surface area (Å²) in [5, 5.41) is 0. The lowest BCUT2D eigenvalue weighted by atomic mass is 9.65. The molecule has 2 heterocycles. The highest BCUT2D eigenvalue weighted by molar-refractivity contribution is 6.24. The van der Waals surface area contributed by atoms with E-state index in [0.29, 0.717) is 12.0 Å². The minimum atomic E-state index is -0.945. The van der Waals surface area contributed by atoms with Crippen LogP contribution in [0.4, 0.5) is 0 Å². The van der Waals surface area contributed by atoms with E-state index in [2.05, 4.69) is 66.2 Å². The highest BCUT2D eigenvalue weighted by Crippen LogP contribution is 2.55. The molecule has 0 N–H and O–H groups in total. The second-order valence-electron chi connectivity index (χ2n) is 11.0. The predicted octanol–water partition coefficient (Wildman–Crippen LogP) is 6.83. The third-order valence-electron chi connectivity index (χ3n) is 8.79. The van der Waals surface area contributed by atoms with E-state index in [1.54, 1.807) is 0 Å². The Labute approximate surface area is 225 Å². The SMILES string of the molecule is CCCCC(=O)C1(c2cccc3c2C(C2CCN(CCCC)C2)=NC3=O)c2ccccc2-c2ccccc21. The molecular weight excluding hydrogens is 468 g/mol. The largest absolute Gasteiger partial charge is 0.303 e. The van der Waals surface area contributed by atoms with Crippen LogP contribution in [0, 0.1) is 5.92 Å². The van der Waals surface area contributed by atoms with E-state index >= 15 is 0 Å². The summed E-state index contributed by atoms with van der Waals surface area (Å²) in [6.07, 6.45) is 5.65. The molecule has 1 saturated heterocycles. The van der Waals surface area contributed by atoms with Crippen LogP contribution >= 0.6 is 0 Å². The molecule has 0 saturated carbocycles. The molecule has 1 atom stereocenters. The predicted molar refractivity (Wildman–Crippen MR) is 153 cm³/mol. The van der Waals surface area contributed by atoms with Crippen LogP contribution in [0.2, 0.25) is 0 Å². The topological polar surface area (TPSA) is 49.7 Å². The average molecular weight is 505 g/mol. The molecule has 3 aromatic carbocycles. The maximum atomic E-state index is 14.6. The maximum Gasteiger partial charge on any atom is 0.277 e. The number of hydrogen-bond donors (Lipinski definition) is 0. The summed E-state index contributed by atoms with van der Waals surface area (Å²) >= 11 is 0. The second kappa shape index (κ2) is 10.1. The third-order valence-corrected chi connectivity index (χ3v) is 8.79. The smallest absolute Gasteiger partial charge is 0.277 e. The highest BCUT2D eigenvalue weighted by Gasteiger charge is 2.52. The van der Waals surface area contributed by atoms with Gasteiger partial charge in [-0.25, -0.2) is 4.99 Å². The molecule has 194 valence electrons. The number of carbonyl (C=O) groups excluding carboxylic acids is 2. The zero-order chi connectivity index (χ0) is 26.3. The van der Waals surface area contributed by atoms with Gasteiger partial charge < -0.3 is 4.90 Å². The van der Waals surface area contributed by atoms with Gasteiger partial charge in [0.05, 0.1) is 11.3 Å². The summed E-state index contributed by atoms with van der Waals surface area (Å²) < 4.78 is 0. The van der Waals surface area contributed by atoms with Crippen molar-refractivity contribution in [1.82, 2.24) is 4.90 Å². The molecule has 0 aromatic heterocycles. The number of ketones is 1. The molecular formula is C34H36N2O2. The van der Waals surface area contributed by atoms with Crippen molar-refractivity contribution in [3.63, 3.8) is 0 Å². The number of unbranched alkanes of at least 4 members (excludes halogenated alkanes) is 2. The first-order valence-corrected chi connectivity index (χ1v) is 14.3. The molecule has 1 fully saturated rings. The van der Waals surface area contributed by atoms with Crippen LogP contribution < -0.4 is 0 Å². The molecule has 1 aliphatic carbocycles. The molecule has 2 aliphatic heterocycles. The molecule has 0 bridgehead atoms. The number of likely N-dealkylation sites (tertiary alicyclic amines) is 1. The molecule has 4 heteroatoms. The van der Waals surface area contributed by atoms with Gasteiger partial charge >= 0.3 is 0 Å². The highest BCUT2D eigenvalue weighted by atomic mass is 16.1. The molecule has 1 amide bonds. The zero-order valence-electron chi connectivity index (χ0n) is 22.5.